The minimum absolute atomic E-state index is 0.0154. The van der Waals surface area contributed by atoms with Gasteiger partial charge in [-0.25, -0.2) is 9.18 Å². The zero-order valence-corrected chi connectivity index (χ0v) is 18.4. The molecule has 0 aromatic carbocycles. The monoisotopic (exact) mass is 488 g/mol. The standard InChI is InChI=1S/C20H24F4N6O4/c1-19(5-6-19)26-18(32)34-14-4-3-11(16(14)21)12-8-15(28-27-12)25-17(31)13-7-10(29-30(13)2)9-33-20(22,23)24/h7-8,11,14,16H,3-6,9H2,1-2H3,(H,26,32)(H2,25,27,28,31)/t11-,14-,16-/m0/s1. The Kier molecular flexibility index (Phi) is 6.27. The molecule has 2 amide bonds. The number of alkyl carbamates (subject to hydrolysis) is 1. The molecule has 2 aliphatic rings. The van der Waals surface area contributed by atoms with Gasteiger partial charge in [-0.15, -0.1) is 13.2 Å². The van der Waals surface area contributed by atoms with Crippen LogP contribution in [0, 0.1) is 0 Å². The lowest BCUT2D eigenvalue weighted by atomic mass is 10.0. The molecular weight excluding hydrogens is 464 g/mol. The van der Waals surface area contributed by atoms with Gasteiger partial charge in [0.1, 0.15) is 24.6 Å². The second-order valence-corrected chi connectivity index (χ2v) is 8.80. The van der Waals surface area contributed by atoms with E-state index in [2.05, 4.69) is 30.7 Å². The van der Waals surface area contributed by atoms with Crippen LogP contribution in [0.1, 0.15) is 60.4 Å². The Morgan fingerprint density at radius 3 is 2.71 bits per heavy atom. The third-order valence-corrected chi connectivity index (χ3v) is 5.95. The maximum atomic E-state index is 15.0. The van der Waals surface area contributed by atoms with Gasteiger partial charge in [-0.2, -0.15) is 10.2 Å². The fraction of sp³-hybridized carbons (Fsp3) is 0.600. The van der Waals surface area contributed by atoms with Crippen molar-refractivity contribution in [2.75, 3.05) is 5.32 Å². The number of halogens is 4. The molecule has 0 aliphatic heterocycles. The van der Waals surface area contributed by atoms with E-state index >= 15 is 0 Å². The Bertz CT molecular complexity index is 1060. The number of carbonyl (C=O) groups is 2. The van der Waals surface area contributed by atoms with Crippen LogP contribution in [0.4, 0.5) is 28.2 Å². The number of H-pyrrole nitrogens is 1. The highest BCUT2D eigenvalue weighted by molar-refractivity contribution is 6.02. The fourth-order valence-corrected chi connectivity index (χ4v) is 3.83. The average molecular weight is 488 g/mol. The molecule has 0 radical (unpaired) electrons. The van der Waals surface area contributed by atoms with Crippen molar-refractivity contribution in [3.05, 3.63) is 29.2 Å². The van der Waals surface area contributed by atoms with E-state index in [9.17, 15) is 27.2 Å². The maximum absolute atomic E-state index is 15.0. The summed E-state index contributed by atoms with van der Waals surface area (Å²) in [6, 6.07) is 2.63. The van der Waals surface area contributed by atoms with Crippen molar-refractivity contribution < 1.29 is 36.6 Å². The summed E-state index contributed by atoms with van der Waals surface area (Å²) in [4.78, 5) is 24.5. The van der Waals surface area contributed by atoms with Crippen LogP contribution in [0.15, 0.2) is 12.1 Å². The van der Waals surface area contributed by atoms with Gasteiger partial charge in [0.2, 0.25) is 0 Å². The first kappa shape index (κ1) is 24.0. The normalized spacial score (nSPS) is 23.5. The highest BCUT2D eigenvalue weighted by Crippen LogP contribution is 2.39. The van der Waals surface area contributed by atoms with Gasteiger partial charge in [0.15, 0.2) is 5.82 Å². The van der Waals surface area contributed by atoms with Crippen molar-refractivity contribution in [1.82, 2.24) is 25.3 Å². The second-order valence-electron chi connectivity index (χ2n) is 8.80. The van der Waals surface area contributed by atoms with E-state index in [1.807, 2.05) is 6.92 Å². The third-order valence-electron chi connectivity index (χ3n) is 5.95. The third kappa shape index (κ3) is 5.66. The van der Waals surface area contributed by atoms with Crippen molar-refractivity contribution >= 4 is 17.8 Å². The van der Waals surface area contributed by atoms with E-state index in [0.717, 1.165) is 23.6 Å². The minimum Gasteiger partial charge on any atom is -0.443 e. The predicted octanol–water partition coefficient (Wildman–Crippen LogP) is 3.29. The van der Waals surface area contributed by atoms with Gasteiger partial charge in [0.05, 0.1) is 5.69 Å². The Hall–Kier alpha value is -3.16. The van der Waals surface area contributed by atoms with E-state index in [1.54, 1.807) is 0 Å². The molecule has 4 rings (SSSR count). The summed E-state index contributed by atoms with van der Waals surface area (Å²) in [5.41, 5.74) is 0.0629. The van der Waals surface area contributed by atoms with E-state index < -0.39 is 43.2 Å². The molecule has 2 aromatic heterocycles. The Morgan fingerprint density at radius 1 is 1.29 bits per heavy atom. The number of aromatic amines is 1. The number of aromatic nitrogens is 4. The maximum Gasteiger partial charge on any atom is 0.522 e. The molecule has 2 saturated carbocycles. The van der Waals surface area contributed by atoms with Gasteiger partial charge in [-0.1, -0.05) is 0 Å². The van der Waals surface area contributed by atoms with Crippen LogP contribution >= 0.6 is 0 Å². The largest absolute Gasteiger partial charge is 0.522 e. The number of aryl methyl sites for hydroxylation is 1. The molecule has 0 spiro atoms. The second kappa shape index (κ2) is 8.89. The summed E-state index contributed by atoms with van der Waals surface area (Å²) < 4.78 is 61.7. The molecule has 10 nitrogen and oxygen atoms in total. The average Bonchev–Trinajstić information content (AvgIpc) is 3.08. The molecule has 2 fully saturated rings. The summed E-state index contributed by atoms with van der Waals surface area (Å²) in [5.74, 6) is -1.17. The molecule has 2 heterocycles. The number of hydrogen-bond acceptors (Lipinski definition) is 6. The summed E-state index contributed by atoms with van der Waals surface area (Å²) in [6.45, 7) is 1.05. The number of nitrogens with zero attached hydrogens (tertiary/aromatic N) is 3. The van der Waals surface area contributed by atoms with Crippen LogP contribution in [0.3, 0.4) is 0 Å². The summed E-state index contributed by atoms with van der Waals surface area (Å²) >= 11 is 0. The van der Waals surface area contributed by atoms with Crippen molar-refractivity contribution in [2.24, 2.45) is 7.05 Å². The van der Waals surface area contributed by atoms with Crippen molar-refractivity contribution in [2.45, 2.75) is 69.3 Å². The molecular formula is C20H24F4N6O4. The Balaban J connectivity index is 1.33. The van der Waals surface area contributed by atoms with Crippen LogP contribution in [-0.4, -0.2) is 56.2 Å². The number of rotatable bonds is 7. The van der Waals surface area contributed by atoms with E-state index in [0.29, 0.717) is 18.5 Å². The van der Waals surface area contributed by atoms with E-state index in [4.69, 9.17) is 4.74 Å². The molecule has 34 heavy (non-hydrogen) atoms. The molecule has 2 aliphatic carbocycles. The molecule has 2 aromatic rings. The minimum atomic E-state index is -4.82. The Morgan fingerprint density at radius 2 is 2.03 bits per heavy atom. The number of ether oxygens (including phenoxy) is 2. The van der Waals surface area contributed by atoms with Gasteiger partial charge in [0, 0.05) is 30.3 Å². The van der Waals surface area contributed by atoms with Gasteiger partial charge < -0.3 is 15.4 Å². The number of hydrogen-bond donors (Lipinski definition) is 3. The first-order chi connectivity index (χ1) is 15.9. The van der Waals surface area contributed by atoms with Crippen molar-refractivity contribution in [3.63, 3.8) is 0 Å². The van der Waals surface area contributed by atoms with Gasteiger partial charge in [-0.05, 0) is 38.7 Å². The molecule has 0 saturated heterocycles. The molecule has 186 valence electrons. The number of amides is 2. The topological polar surface area (TPSA) is 123 Å². The highest BCUT2D eigenvalue weighted by atomic mass is 19.4. The number of carbonyl (C=O) groups excluding carboxylic acids is 2. The smallest absolute Gasteiger partial charge is 0.443 e. The number of alkyl halides is 4. The zero-order chi connectivity index (χ0) is 24.7. The quantitative estimate of drug-likeness (QED) is 0.514. The molecule has 0 bridgehead atoms. The van der Waals surface area contributed by atoms with Gasteiger partial charge in [0.25, 0.3) is 5.91 Å². The summed E-state index contributed by atoms with van der Waals surface area (Å²) in [5, 5.41) is 15.7. The van der Waals surface area contributed by atoms with Crippen LogP contribution < -0.4 is 10.6 Å². The Labute approximate surface area is 191 Å². The van der Waals surface area contributed by atoms with Crippen molar-refractivity contribution in [1.29, 1.82) is 0 Å². The first-order valence-electron chi connectivity index (χ1n) is 10.7. The van der Waals surface area contributed by atoms with Crippen LogP contribution in [0.5, 0.6) is 0 Å². The molecule has 14 heteroatoms. The molecule has 0 unspecified atom stereocenters. The van der Waals surface area contributed by atoms with Crippen LogP contribution in [0.2, 0.25) is 0 Å². The summed E-state index contributed by atoms with van der Waals surface area (Å²) in [6.07, 6.45) is -5.32. The van der Waals surface area contributed by atoms with E-state index in [1.165, 1.54) is 13.1 Å². The van der Waals surface area contributed by atoms with Gasteiger partial charge >= 0.3 is 12.5 Å². The predicted molar refractivity (Wildman–Crippen MR) is 109 cm³/mol. The van der Waals surface area contributed by atoms with Gasteiger partial charge in [-0.3, -0.25) is 19.3 Å². The van der Waals surface area contributed by atoms with Crippen LogP contribution in [0.25, 0.3) is 0 Å². The lowest BCUT2D eigenvalue weighted by molar-refractivity contribution is -0.330. The fourth-order valence-electron chi connectivity index (χ4n) is 3.83. The number of nitrogens with one attached hydrogen (secondary N) is 3. The lowest BCUT2D eigenvalue weighted by Crippen LogP contribution is -2.38. The number of anilines is 1. The van der Waals surface area contributed by atoms with E-state index in [-0.39, 0.29) is 22.7 Å². The summed E-state index contributed by atoms with van der Waals surface area (Å²) in [7, 11) is 1.40. The molecule has 3 N–H and O–H groups in total. The highest BCUT2D eigenvalue weighted by Gasteiger charge is 2.43. The SMILES string of the molecule is Cn1nc(COC(F)(F)F)cc1C(=O)Nc1cc([C@@H]2CC[C@H](OC(=O)NC3(C)CC3)[C@H]2F)[nH]n1. The van der Waals surface area contributed by atoms with Crippen molar-refractivity contribution in [3.8, 4) is 0 Å². The lowest BCUT2D eigenvalue weighted by Gasteiger charge is -2.19. The first-order valence-corrected chi connectivity index (χ1v) is 10.7. The van der Waals surface area contributed by atoms with Crippen LogP contribution in [-0.2, 0) is 23.1 Å². The zero-order valence-electron chi connectivity index (χ0n) is 18.4. The molecule has 3 atom stereocenters.